The molecule has 0 saturated carbocycles. The smallest absolute Gasteiger partial charge is 0.227 e. The highest BCUT2D eigenvalue weighted by Crippen LogP contribution is 2.23. The number of halogens is 1. The largest absolute Gasteiger partial charge is 0.324 e. The van der Waals surface area contributed by atoms with Gasteiger partial charge in [0.2, 0.25) is 5.91 Å². The van der Waals surface area contributed by atoms with Crippen LogP contribution >= 0.6 is 0 Å². The van der Waals surface area contributed by atoms with E-state index in [9.17, 15) is 9.18 Å². The molecule has 112 valence electrons. The van der Waals surface area contributed by atoms with Gasteiger partial charge in [-0.2, -0.15) is 0 Å². The predicted molar refractivity (Wildman–Crippen MR) is 83.7 cm³/mol. The topological polar surface area (TPSA) is 42.0 Å². The highest BCUT2D eigenvalue weighted by atomic mass is 19.1. The Hall–Kier alpha value is -1.97. The molecule has 1 atom stereocenters. The minimum atomic E-state index is -0.346. The van der Waals surface area contributed by atoms with Crippen molar-refractivity contribution in [1.82, 2.24) is 4.98 Å². The van der Waals surface area contributed by atoms with Crippen molar-refractivity contribution in [2.45, 2.75) is 34.1 Å². The number of pyridine rings is 1. The van der Waals surface area contributed by atoms with Crippen LogP contribution in [0.5, 0.6) is 0 Å². The molecule has 1 unspecified atom stereocenters. The van der Waals surface area contributed by atoms with E-state index in [2.05, 4.69) is 24.1 Å². The number of amides is 1. The van der Waals surface area contributed by atoms with Crippen molar-refractivity contribution < 1.29 is 9.18 Å². The first-order valence-corrected chi connectivity index (χ1v) is 7.25. The number of carbonyl (C=O) groups is 1. The molecular formula is C17H21FN2O. The molecule has 0 bridgehead atoms. The first kappa shape index (κ1) is 15.4. The van der Waals surface area contributed by atoms with Crippen LogP contribution in [0.2, 0.25) is 0 Å². The molecule has 0 aliphatic carbocycles. The molecule has 0 fully saturated rings. The molecule has 3 nitrogen and oxygen atoms in total. The molecule has 1 aromatic heterocycles. The van der Waals surface area contributed by atoms with E-state index in [1.165, 1.54) is 6.07 Å². The first-order valence-electron chi connectivity index (χ1n) is 7.25. The van der Waals surface area contributed by atoms with E-state index >= 15 is 0 Å². The second-order valence-electron chi connectivity index (χ2n) is 5.95. The number of hydrogen-bond donors (Lipinski definition) is 1. The SMILES string of the molecule is Cc1nc2c(F)cccc2cc1NC(=O)C(C)CC(C)C. The molecular weight excluding hydrogens is 267 g/mol. The van der Waals surface area contributed by atoms with Crippen molar-refractivity contribution in [2.75, 3.05) is 5.32 Å². The summed E-state index contributed by atoms with van der Waals surface area (Å²) in [4.78, 5) is 16.4. The summed E-state index contributed by atoms with van der Waals surface area (Å²) >= 11 is 0. The van der Waals surface area contributed by atoms with Gasteiger partial charge in [0.15, 0.2) is 0 Å². The average molecular weight is 288 g/mol. The van der Waals surface area contributed by atoms with E-state index in [0.29, 0.717) is 28.2 Å². The van der Waals surface area contributed by atoms with Crippen LogP contribution in [-0.4, -0.2) is 10.9 Å². The van der Waals surface area contributed by atoms with Gasteiger partial charge in [0.05, 0.1) is 11.4 Å². The van der Waals surface area contributed by atoms with E-state index in [0.717, 1.165) is 6.42 Å². The van der Waals surface area contributed by atoms with Crippen molar-refractivity contribution in [3.05, 3.63) is 35.8 Å². The number of carbonyl (C=O) groups excluding carboxylic acids is 1. The number of aryl methyl sites for hydroxylation is 1. The second kappa shape index (κ2) is 6.20. The first-order chi connectivity index (χ1) is 9.88. The third-order valence-electron chi connectivity index (χ3n) is 3.52. The van der Waals surface area contributed by atoms with Crippen LogP contribution in [0.15, 0.2) is 24.3 Å². The van der Waals surface area contributed by atoms with Crippen molar-refractivity contribution >= 4 is 22.5 Å². The molecule has 2 aromatic rings. The highest BCUT2D eigenvalue weighted by Gasteiger charge is 2.16. The Morgan fingerprint density at radius 1 is 1.33 bits per heavy atom. The predicted octanol–water partition coefficient (Wildman–Crippen LogP) is 4.30. The van der Waals surface area contributed by atoms with Gasteiger partial charge in [-0.25, -0.2) is 9.37 Å². The van der Waals surface area contributed by atoms with Gasteiger partial charge in [0, 0.05) is 11.3 Å². The summed E-state index contributed by atoms with van der Waals surface area (Å²) in [5.74, 6) is 0.0364. The molecule has 2 rings (SSSR count). The molecule has 0 saturated heterocycles. The van der Waals surface area contributed by atoms with Crippen LogP contribution in [0.3, 0.4) is 0 Å². The van der Waals surface area contributed by atoms with Crippen LogP contribution in [0.25, 0.3) is 10.9 Å². The number of nitrogens with zero attached hydrogens (tertiary/aromatic N) is 1. The van der Waals surface area contributed by atoms with E-state index < -0.39 is 0 Å². The average Bonchev–Trinajstić information content (AvgIpc) is 2.40. The number of nitrogens with one attached hydrogen (secondary N) is 1. The summed E-state index contributed by atoms with van der Waals surface area (Å²) < 4.78 is 13.7. The monoisotopic (exact) mass is 288 g/mol. The molecule has 1 amide bonds. The van der Waals surface area contributed by atoms with Crippen LogP contribution in [-0.2, 0) is 4.79 Å². The van der Waals surface area contributed by atoms with Crippen molar-refractivity contribution in [2.24, 2.45) is 11.8 Å². The normalized spacial score (nSPS) is 12.7. The Labute approximate surface area is 124 Å². The van der Waals surface area contributed by atoms with Crippen molar-refractivity contribution in [3.63, 3.8) is 0 Å². The molecule has 21 heavy (non-hydrogen) atoms. The number of hydrogen-bond acceptors (Lipinski definition) is 2. The lowest BCUT2D eigenvalue weighted by atomic mass is 9.98. The molecule has 1 N–H and O–H groups in total. The summed E-state index contributed by atoms with van der Waals surface area (Å²) in [6, 6.07) is 6.60. The van der Waals surface area contributed by atoms with Crippen LogP contribution in [0.4, 0.5) is 10.1 Å². The number of para-hydroxylation sites is 1. The number of aromatic nitrogens is 1. The summed E-state index contributed by atoms with van der Waals surface area (Å²) in [6.45, 7) is 7.87. The quantitative estimate of drug-likeness (QED) is 0.911. The number of rotatable bonds is 4. The fourth-order valence-electron chi connectivity index (χ4n) is 2.45. The standard InChI is InChI=1S/C17H21FN2O/c1-10(2)8-11(3)17(21)20-15-9-13-6-5-7-14(18)16(13)19-12(15)4/h5-7,9-11H,8H2,1-4H3,(H,20,21). The van der Waals surface area contributed by atoms with Gasteiger partial charge in [0.1, 0.15) is 11.3 Å². The fourth-order valence-corrected chi connectivity index (χ4v) is 2.45. The van der Waals surface area contributed by atoms with E-state index in [-0.39, 0.29) is 17.6 Å². The summed E-state index contributed by atoms with van der Waals surface area (Å²) in [5, 5.41) is 3.59. The van der Waals surface area contributed by atoms with E-state index in [1.807, 2.05) is 6.92 Å². The number of fused-ring (bicyclic) bond motifs is 1. The molecule has 1 aromatic carbocycles. The molecule has 1 heterocycles. The Kier molecular flexibility index (Phi) is 4.56. The summed E-state index contributed by atoms with van der Waals surface area (Å²) in [7, 11) is 0. The van der Waals surface area contributed by atoms with Gasteiger partial charge in [-0.1, -0.05) is 32.9 Å². The van der Waals surface area contributed by atoms with Gasteiger partial charge in [0.25, 0.3) is 0 Å². The number of anilines is 1. The van der Waals surface area contributed by atoms with Crippen LogP contribution in [0.1, 0.15) is 32.9 Å². The van der Waals surface area contributed by atoms with E-state index in [1.54, 1.807) is 25.1 Å². The summed E-state index contributed by atoms with van der Waals surface area (Å²) in [5.41, 5.74) is 1.61. The molecule has 0 aliphatic rings. The number of benzene rings is 1. The maximum atomic E-state index is 13.7. The zero-order valence-corrected chi connectivity index (χ0v) is 12.9. The third-order valence-corrected chi connectivity index (χ3v) is 3.52. The van der Waals surface area contributed by atoms with Gasteiger partial charge >= 0.3 is 0 Å². The third kappa shape index (κ3) is 3.57. The highest BCUT2D eigenvalue weighted by molar-refractivity contribution is 5.95. The maximum Gasteiger partial charge on any atom is 0.227 e. The second-order valence-corrected chi connectivity index (χ2v) is 5.95. The molecule has 0 aliphatic heterocycles. The van der Waals surface area contributed by atoms with Gasteiger partial charge in [-0.3, -0.25) is 4.79 Å². The minimum absolute atomic E-state index is 0.0237. The van der Waals surface area contributed by atoms with Crippen LogP contribution < -0.4 is 5.32 Å². The van der Waals surface area contributed by atoms with Gasteiger partial charge < -0.3 is 5.32 Å². The van der Waals surface area contributed by atoms with Crippen molar-refractivity contribution in [1.29, 1.82) is 0 Å². The Balaban J connectivity index is 2.26. The zero-order chi connectivity index (χ0) is 15.6. The fraction of sp³-hybridized carbons (Fsp3) is 0.412. The van der Waals surface area contributed by atoms with Crippen molar-refractivity contribution in [3.8, 4) is 0 Å². The Bertz CT molecular complexity index is 667. The maximum absolute atomic E-state index is 13.7. The lowest BCUT2D eigenvalue weighted by Crippen LogP contribution is -2.22. The molecule has 0 spiro atoms. The van der Waals surface area contributed by atoms with Gasteiger partial charge in [-0.15, -0.1) is 0 Å². The molecule has 4 heteroatoms. The minimum Gasteiger partial charge on any atom is -0.324 e. The lowest BCUT2D eigenvalue weighted by Gasteiger charge is -2.15. The van der Waals surface area contributed by atoms with E-state index in [4.69, 9.17) is 0 Å². The zero-order valence-electron chi connectivity index (χ0n) is 12.9. The lowest BCUT2D eigenvalue weighted by molar-refractivity contribution is -0.119. The molecule has 0 radical (unpaired) electrons. The Morgan fingerprint density at radius 2 is 2.05 bits per heavy atom. The van der Waals surface area contributed by atoms with Gasteiger partial charge in [-0.05, 0) is 31.4 Å². The van der Waals surface area contributed by atoms with Crippen LogP contribution in [0, 0.1) is 24.6 Å². The Morgan fingerprint density at radius 3 is 2.71 bits per heavy atom. The summed E-state index contributed by atoms with van der Waals surface area (Å²) in [6.07, 6.45) is 0.834.